The maximum Gasteiger partial charge on any atom is 0.327 e. The topological polar surface area (TPSA) is 117 Å². The number of alkyl halides is 2. The van der Waals surface area contributed by atoms with Crippen molar-refractivity contribution >= 4 is 17.9 Å². The number of aromatic amines is 1. The summed E-state index contributed by atoms with van der Waals surface area (Å²) in [6.45, 7) is 1.38. The monoisotopic (exact) mass is 567 g/mol. The second kappa shape index (κ2) is 10.3. The number of aromatic nitrogens is 4. The average molecular weight is 568 g/mol. The number of H-pyrrole nitrogens is 1. The number of benzene rings is 1. The van der Waals surface area contributed by atoms with E-state index in [2.05, 4.69) is 20.2 Å². The smallest absolute Gasteiger partial charge is 0.327 e. The van der Waals surface area contributed by atoms with E-state index in [4.69, 9.17) is 9.47 Å². The lowest BCUT2D eigenvalue weighted by atomic mass is 9.79. The molecule has 1 aliphatic carbocycles. The van der Waals surface area contributed by atoms with Crippen LogP contribution in [-0.4, -0.2) is 87.2 Å². The number of carbonyl (C=O) groups excluding carboxylic acids is 2. The van der Waals surface area contributed by atoms with Gasteiger partial charge in [-0.2, -0.15) is 10.1 Å². The number of anilines is 1. The predicted octanol–water partition coefficient (Wildman–Crippen LogP) is 3.73. The van der Waals surface area contributed by atoms with E-state index in [0.717, 1.165) is 11.1 Å². The molecule has 216 valence electrons. The Morgan fingerprint density at radius 3 is 2.59 bits per heavy atom. The first-order valence-electron chi connectivity index (χ1n) is 13.5. The molecule has 0 atom stereocenters. The number of ether oxygens (including phenoxy) is 2. The lowest BCUT2D eigenvalue weighted by molar-refractivity contribution is -0.161. The van der Waals surface area contributed by atoms with Gasteiger partial charge in [0.25, 0.3) is 0 Å². The highest BCUT2D eigenvalue weighted by Gasteiger charge is 2.54. The number of hydrogen-bond acceptors (Lipinski definition) is 7. The van der Waals surface area contributed by atoms with Crippen LogP contribution < -0.4 is 14.4 Å². The van der Waals surface area contributed by atoms with Crippen LogP contribution in [-0.2, 0) is 11.3 Å². The van der Waals surface area contributed by atoms with Gasteiger partial charge in [-0.15, -0.1) is 0 Å². The fourth-order valence-corrected chi connectivity index (χ4v) is 6.05. The van der Waals surface area contributed by atoms with Crippen LogP contribution >= 0.6 is 0 Å². The first kappa shape index (κ1) is 26.9. The summed E-state index contributed by atoms with van der Waals surface area (Å²) in [4.78, 5) is 41.1. The molecule has 1 saturated carbocycles. The summed E-state index contributed by atoms with van der Waals surface area (Å²) in [5.74, 6) is -2.42. The normalized spacial score (nSPS) is 19.9. The van der Waals surface area contributed by atoms with Crippen molar-refractivity contribution in [3.05, 3.63) is 48.4 Å². The first-order chi connectivity index (χ1) is 19.7. The molecule has 0 bridgehead atoms. The van der Waals surface area contributed by atoms with E-state index in [9.17, 15) is 18.4 Å². The number of nitrogens with one attached hydrogen (secondary N) is 1. The molecule has 4 heterocycles. The summed E-state index contributed by atoms with van der Waals surface area (Å²) < 4.78 is 37.8. The zero-order valence-corrected chi connectivity index (χ0v) is 22.8. The van der Waals surface area contributed by atoms with Gasteiger partial charge in [-0.3, -0.25) is 14.8 Å². The van der Waals surface area contributed by atoms with Crippen LogP contribution in [0.4, 0.5) is 19.5 Å². The predicted molar refractivity (Wildman–Crippen MR) is 144 cm³/mol. The van der Waals surface area contributed by atoms with Crippen molar-refractivity contribution in [3.63, 3.8) is 0 Å². The first-order valence-corrected chi connectivity index (χ1v) is 13.5. The average Bonchev–Trinajstić information content (AvgIpc) is 3.59. The number of likely N-dealkylation sites (tertiary alicyclic amines) is 1. The minimum Gasteiger partial charge on any atom is -0.497 e. The molecule has 11 nitrogen and oxygen atoms in total. The Hall–Kier alpha value is -4.29. The molecule has 1 aromatic carbocycles. The summed E-state index contributed by atoms with van der Waals surface area (Å²) in [5.41, 5.74) is 1.66. The largest absolute Gasteiger partial charge is 0.497 e. The van der Waals surface area contributed by atoms with Crippen molar-refractivity contribution in [2.75, 3.05) is 38.8 Å². The van der Waals surface area contributed by atoms with E-state index in [-0.39, 0.29) is 17.9 Å². The lowest BCUT2D eigenvalue weighted by Crippen LogP contribution is -2.57. The molecule has 6 rings (SSSR count). The summed E-state index contributed by atoms with van der Waals surface area (Å²) in [6.07, 6.45) is 5.15. The molecule has 3 aromatic rings. The fourth-order valence-electron chi connectivity index (χ4n) is 6.05. The molecular weight excluding hydrogens is 536 g/mol. The summed E-state index contributed by atoms with van der Waals surface area (Å²) in [5, 5.41) is 6.72. The highest BCUT2D eigenvalue weighted by atomic mass is 19.3. The Morgan fingerprint density at radius 1 is 1.15 bits per heavy atom. The van der Waals surface area contributed by atoms with Crippen molar-refractivity contribution in [2.45, 2.75) is 43.7 Å². The summed E-state index contributed by atoms with van der Waals surface area (Å²) >= 11 is 0. The molecule has 0 radical (unpaired) electrons. The van der Waals surface area contributed by atoms with Gasteiger partial charge >= 0.3 is 6.03 Å². The van der Waals surface area contributed by atoms with Gasteiger partial charge in [0.05, 0.1) is 38.1 Å². The second-order valence-electron chi connectivity index (χ2n) is 10.9. The Balaban J connectivity index is 1.27. The van der Waals surface area contributed by atoms with Crippen molar-refractivity contribution < 1.29 is 27.8 Å². The molecule has 3 aliphatic rings. The lowest BCUT2D eigenvalue weighted by Gasteiger charge is -2.45. The number of amides is 3. The molecular formula is C28H31F2N7O4. The summed E-state index contributed by atoms with van der Waals surface area (Å²) in [7, 11) is 3.09. The number of carbonyl (C=O) groups is 2. The van der Waals surface area contributed by atoms with Crippen LogP contribution in [0.15, 0.2) is 42.9 Å². The number of piperidine rings is 1. The standard InChI is InChI=1S/C28H31F2N7O4/c1-40-21-5-3-4-18(10-21)16-37-26(39)36(25-31-15-22(23(34-25)41-2)20-13-32-33-14-20)17-27(37)6-8-35(9-7-27)24(38)19-11-28(29,30)12-19/h3-5,10,13-15,19H,6-9,11-12,16-17H2,1-2H3,(H,32,33). The fraction of sp³-hybridized carbons (Fsp3) is 0.464. The van der Waals surface area contributed by atoms with E-state index >= 15 is 0 Å². The Morgan fingerprint density at radius 2 is 1.93 bits per heavy atom. The molecule has 1 spiro atoms. The quantitative estimate of drug-likeness (QED) is 0.462. The molecule has 1 N–H and O–H groups in total. The molecule has 3 amide bonds. The molecule has 3 fully saturated rings. The number of urea groups is 1. The van der Waals surface area contributed by atoms with Gasteiger partial charge in [0.1, 0.15) is 5.75 Å². The molecule has 13 heteroatoms. The SMILES string of the molecule is COc1cccc(CN2C(=O)N(c3ncc(-c4cn[nH]c4)c(OC)n3)CC23CCN(C(=O)C2CC(F)(F)C2)CC3)c1. The number of nitrogens with zero attached hydrogens (tertiary/aromatic N) is 6. The van der Waals surface area contributed by atoms with Gasteiger partial charge in [-0.1, -0.05) is 12.1 Å². The second-order valence-corrected chi connectivity index (χ2v) is 10.9. The molecule has 2 aromatic heterocycles. The van der Waals surface area contributed by atoms with Crippen LogP contribution in [0.1, 0.15) is 31.2 Å². The highest BCUT2D eigenvalue weighted by Crippen LogP contribution is 2.45. The minimum absolute atomic E-state index is 0.210. The van der Waals surface area contributed by atoms with Gasteiger partial charge in [0.15, 0.2) is 0 Å². The maximum absolute atomic E-state index is 14.0. The molecule has 2 aliphatic heterocycles. The van der Waals surface area contributed by atoms with Crippen molar-refractivity contribution in [2.24, 2.45) is 5.92 Å². The third-order valence-electron chi connectivity index (χ3n) is 8.39. The van der Waals surface area contributed by atoms with Crippen LogP contribution in [0, 0.1) is 5.92 Å². The number of halogens is 2. The van der Waals surface area contributed by atoms with Crippen LogP contribution in [0.2, 0.25) is 0 Å². The van der Waals surface area contributed by atoms with Crippen LogP contribution in [0.5, 0.6) is 11.6 Å². The van der Waals surface area contributed by atoms with E-state index in [1.165, 1.54) is 7.11 Å². The highest BCUT2D eigenvalue weighted by molar-refractivity contribution is 5.94. The minimum atomic E-state index is -2.75. The summed E-state index contributed by atoms with van der Waals surface area (Å²) in [6, 6.07) is 7.27. The molecule has 41 heavy (non-hydrogen) atoms. The van der Waals surface area contributed by atoms with Crippen LogP contribution in [0.3, 0.4) is 0 Å². The van der Waals surface area contributed by atoms with E-state index in [1.807, 2.05) is 29.2 Å². The number of rotatable bonds is 7. The third kappa shape index (κ3) is 4.93. The molecule has 0 unspecified atom stereocenters. The van der Waals surface area contributed by atoms with Gasteiger partial charge in [-0.05, 0) is 30.5 Å². The van der Waals surface area contributed by atoms with E-state index in [0.29, 0.717) is 56.2 Å². The van der Waals surface area contributed by atoms with Crippen molar-refractivity contribution in [3.8, 4) is 22.8 Å². The Bertz CT molecular complexity index is 1430. The van der Waals surface area contributed by atoms with E-state index < -0.39 is 30.2 Å². The van der Waals surface area contributed by atoms with Gasteiger partial charge < -0.3 is 19.3 Å². The maximum atomic E-state index is 14.0. The van der Waals surface area contributed by atoms with Crippen LogP contribution in [0.25, 0.3) is 11.1 Å². The molecule has 2 saturated heterocycles. The van der Waals surface area contributed by atoms with Gasteiger partial charge in [0, 0.05) is 56.4 Å². The Labute approximate surface area is 235 Å². The van der Waals surface area contributed by atoms with E-state index in [1.54, 1.807) is 35.5 Å². The Kier molecular flexibility index (Phi) is 6.74. The third-order valence-corrected chi connectivity index (χ3v) is 8.39. The van der Waals surface area contributed by atoms with Gasteiger partial charge in [-0.25, -0.2) is 18.6 Å². The number of methoxy groups -OCH3 is 2. The zero-order valence-electron chi connectivity index (χ0n) is 22.8. The van der Waals surface area contributed by atoms with Crippen molar-refractivity contribution in [1.82, 2.24) is 30.0 Å². The zero-order chi connectivity index (χ0) is 28.8. The van der Waals surface area contributed by atoms with Crippen molar-refractivity contribution in [1.29, 1.82) is 0 Å². The van der Waals surface area contributed by atoms with Gasteiger partial charge in [0.2, 0.25) is 23.7 Å². The number of hydrogen-bond donors (Lipinski definition) is 1.